The van der Waals surface area contributed by atoms with Crippen LogP contribution in [0.4, 0.5) is 18.9 Å². The molecule has 3 nitrogen and oxygen atoms in total. The number of aryl methyl sites for hydroxylation is 1. The fourth-order valence-electron chi connectivity index (χ4n) is 2.93. The number of fused-ring (bicyclic) bond motifs is 2. The van der Waals surface area contributed by atoms with Gasteiger partial charge in [-0.25, -0.2) is 4.57 Å². The van der Waals surface area contributed by atoms with Crippen LogP contribution in [0.1, 0.15) is 5.56 Å². The summed E-state index contributed by atoms with van der Waals surface area (Å²) in [6, 6.07) is 9.79. The van der Waals surface area contributed by atoms with E-state index in [2.05, 4.69) is 4.98 Å². The number of rotatable bonds is 1. The Kier molecular flexibility index (Phi) is 5.16. The molecule has 0 saturated heterocycles. The van der Waals surface area contributed by atoms with Gasteiger partial charge < -0.3 is 28.9 Å². The molecule has 0 atom stereocenters. The zero-order valence-electron chi connectivity index (χ0n) is 13.8. The molecule has 1 aliphatic rings. The average molecular weight is 487 g/mol. The molecule has 0 N–H and O–H groups in total. The maximum absolute atomic E-state index is 14.1. The molecule has 0 spiro atoms. The molecule has 26 heavy (non-hydrogen) atoms. The third kappa shape index (κ3) is 2.94. The van der Waals surface area contributed by atoms with E-state index in [1.54, 1.807) is 7.05 Å². The van der Waals surface area contributed by atoms with Gasteiger partial charge in [0.05, 0.1) is 15.3 Å². The van der Waals surface area contributed by atoms with Gasteiger partial charge in [-0.3, -0.25) is 0 Å². The number of benzene rings is 1. The monoisotopic (exact) mass is 487 g/mol. The van der Waals surface area contributed by atoms with E-state index in [9.17, 15) is 13.2 Å². The molecule has 0 amide bonds. The predicted octanol–water partition coefficient (Wildman–Crippen LogP) is 1.02. The van der Waals surface area contributed by atoms with E-state index in [1.807, 2.05) is 54.2 Å². The summed E-state index contributed by atoms with van der Waals surface area (Å²) in [4.78, 5) is 4.44. The summed E-state index contributed by atoms with van der Waals surface area (Å²) in [6.07, 6.45) is 3.76. The van der Waals surface area contributed by atoms with Gasteiger partial charge in [0.25, 0.3) is 5.95 Å². The molecule has 3 heterocycles. The van der Waals surface area contributed by atoms with Gasteiger partial charge in [0.1, 0.15) is 12.7 Å². The van der Waals surface area contributed by atoms with Gasteiger partial charge in [0, 0.05) is 19.2 Å². The fraction of sp³-hybridized carbons (Fsp3) is 0.111. The van der Waals surface area contributed by atoms with E-state index in [4.69, 9.17) is 0 Å². The van der Waals surface area contributed by atoms with Crippen molar-refractivity contribution in [3.63, 3.8) is 0 Å². The van der Waals surface area contributed by atoms with E-state index >= 15 is 0 Å². The average Bonchev–Trinajstić information content (AvgIpc) is 2.93. The maximum Gasteiger partial charge on any atom is 0.253 e. The summed E-state index contributed by atoms with van der Waals surface area (Å²) in [6.45, 7) is 0. The fourth-order valence-corrected chi connectivity index (χ4v) is 4.00. The molecule has 0 fully saturated rings. The van der Waals surface area contributed by atoms with Crippen molar-refractivity contribution in [1.82, 2.24) is 4.98 Å². The Balaban J connectivity index is 0.00000196. The third-order valence-electron chi connectivity index (χ3n) is 4.21. The molecule has 1 aliphatic heterocycles. The van der Waals surface area contributed by atoms with Crippen LogP contribution in [0.3, 0.4) is 0 Å². The number of pyridine rings is 2. The Morgan fingerprint density at radius 1 is 1.12 bits per heavy atom. The van der Waals surface area contributed by atoms with Gasteiger partial charge in [-0.2, -0.15) is 18.2 Å². The molecule has 0 unspecified atom stereocenters. The number of nitrogens with zero attached hydrogens (tertiary/aromatic N) is 3. The van der Waals surface area contributed by atoms with Crippen molar-refractivity contribution in [1.29, 1.82) is 0 Å². The number of anilines is 1. The molecule has 0 bridgehead atoms. The van der Waals surface area contributed by atoms with Crippen LogP contribution in [-0.4, -0.2) is 12.0 Å². The van der Waals surface area contributed by atoms with Crippen LogP contribution < -0.4 is 33.4 Å². The second-order valence-corrected chi connectivity index (χ2v) is 6.76. The van der Waals surface area contributed by atoms with Crippen molar-refractivity contribution < 1.29 is 41.7 Å². The largest absolute Gasteiger partial charge is 1.00 e. The number of aromatic nitrogens is 2. The van der Waals surface area contributed by atoms with Crippen LogP contribution in [0, 0.1) is 17.7 Å². The number of para-hydroxylation sites is 1. The topological polar surface area (TPSA) is 20.0 Å². The predicted molar refractivity (Wildman–Crippen MR) is 91.5 cm³/mol. The van der Waals surface area contributed by atoms with E-state index in [0.29, 0.717) is 5.03 Å². The van der Waals surface area contributed by atoms with E-state index in [1.165, 1.54) is 4.90 Å². The van der Waals surface area contributed by atoms with Crippen LogP contribution >= 0.6 is 11.8 Å². The van der Waals surface area contributed by atoms with Crippen molar-refractivity contribution in [2.45, 2.75) is 4.90 Å². The quantitative estimate of drug-likeness (QED) is 0.291. The SMILES string of the molecule is CN1C(=Cc2cc[n+](C)c3ccccc23)Sc2c(F)nc(F)c(F)c21.[I-]. The normalized spacial score (nSPS) is 14.7. The summed E-state index contributed by atoms with van der Waals surface area (Å²) >= 11 is 1.04. The molecule has 0 saturated carbocycles. The first kappa shape index (κ1) is 19.0. The molecule has 3 aromatic rings. The van der Waals surface area contributed by atoms with E-state index < -0.39 is 17.7 Å². The van der Waals surface area contributed by atoms with Crippen molar-refractivity contribution in [2.75, 3.05) is 11.9 Å². The summed E-state index contributed by atoms with van der Waals surface area (Å²) in [7, 11) is 3.53. The van der Waals surface area contributed by atoms with E-state index in [0.717, 1.165) is 28.2 Å². The standard InChI is InChI=1S/C18H13F3N3S.HI/c1-23-8-7-10(11-5-3-4-6-12(11)23)9-13-24(2)15-14(19)17(20)22-18(21)16(15)25-13;/h3-9H,1-2H3;1H/q+1;/p-1. The van der Waals surface area contributed by atoms with Crippen LogP contribution in [-0.2, 0) is 7.05 Å². The number of hydrogen-bond acceptors (Lipinski definition) is 3. The smallest absolute Gasteiger partial charge is 0.253 e. The van der Waals surface area contributed by atoms with E-state index in [-0.39, 0.29) is 34.6 Å². The number of hydrogen-bond donors (Lipinski definition) is 0. The molecule has 134 valence electrons. The van der Waals surface area contributed by atoms with Gasteiger partial charge in [-0.15, -0.1) is 0 Å². The first-order chi connectivity index (χ1) is 12.0. The Bertz CT molecular complexity index is 1060. The number of halogens is 4. The highest BCUT2D eigenvalue weighted by Gasteiger charge is 2.32. The minimum absolute atomic E-state index is 0. The van der Waals surface area contributed by atoms with Crippen molar-refractivity contribution in [2.24, 2.45) is 7.05 Å². The summed E-state index contributed by atoms with van der Waals surface area (Å²) in [5.41, 5.74) is 1.82. The highest BCUT2D eigenvalue weighted by Crippen LogP contribution is 2.48. The molecular formula is C18H13F3IN3S. The van der Waals surface area contributed by atoms with Gasteiger partial charge in [-0.1, -0.05) is 23.9 Å². The lowest BCUT2D eigenvalue weighted by molar-refractivity contribution is -0.644. The minimum atomic E-state index is -1.43. The number of thioether (sulfide) groups is 1. The lowest BCUT2D eigenvalue weighted by Crippen LogP contribution is -3.00. The maximum atomic E-state index is 14.1. The van der Waals surface area contributed by atoms with Crippen molar-refractivity contribution in [3.05, 3.63) is 64.8 Å². The van der Waals surface area contributed by atoms with Crippen molar-refractivity contribution >= 4 is 34.4 Å². The summed E-state index contributed by atoms with van der Waals surface area (Å²) in [5, 5.41) is 1.61. The van der Waals surface area contributed by atoms with Crippen LogP contribution in [0.25, 0.3) is 17.0 Å². The Morgan fingerprint density at radius 2 is 1.85 bits per heavy atom. The first-order valence-corrected chi connectivity index (χ1v) is 8.34. The lowest BCUT2D eigenvalue weighted by Gasteiger charge is -2.14. The molecule has 0 radical (unpaired) electrons. The summed E-state index contributed by atoms with van der Waals surface area (Å²) in [5.74, 6) is -3.57. The highest BCUT2D eigenvalue weighted by molar-refractivity contribution is 8.03. The Hall–Kier alpha value is -1.81. The zero-order chi connectivity index (χ0) is 17.7. The van der Waals surface area contributed by atoms with Crippen molar-refractivity contribution in [3.8, 4) is 0 Å². The Morgan fingerprint density at radius 3 is 2.62 bits per heavy atom. The molecule has 0 aliphatic carbocycles. The third-order valence-corrected chi connectivity index (χ3v) is 5.38. The van der Waals surface area contributed by atoms with Gasteiger partial charge in [0.15, 0.2) is 6.20 Å². The summed E-state index contributed by atoms with van der Waals surface area (Å²) < 4.78 is 43.4. The first-order valence-electron chi connectivity index (χ1n) is 7.52. The second-order valence-electron chi connectivity index (χ2n) is 5.73. The molecule has 1 aromatic carbocycles. The van der Waals surface area contributed by atoms with Crippen LogP contribution in [0.2, 0.25) is 0 Å². The second kappa shape index (κ2) is 7.07. The molecular weight excluding hydrogens is 474 g/mol. The molecule has 2 aromatic heterocycles. The molecule has 8 heteroatoms. The van der Waals surface area contributed by atoms with Crippen LogP contribution in [0.5, 0.6) is 0 Å². The van der Waals surface area contributed by atoms with Crippen LogP contribution in [0.15, 0.2) is 46.5 Å². The zero-order valence-corrected chi connectivity index (χ0v) is 16.8. The molecule has 4 rings (SSSR count). The minimum Gasteiger partial charge on any atom is -1.00 e. The van der Waals surface area contributed by atoms with Gasteiger partial charge >= 0.3 is 0 Å². The highest BCUT2D eigenvalue weighted by atomic mass is 127. The van der Waals surface area contributed by atoms with Gasteiger partial charge in [-0.05, 0) is 17.7 Å². The lowest BCUT2D eigenvalue weighted by atomic mass is 10.1. The Labute approximate surface area is 169 Å². The van der Waals surface area contributed by atoms with Gasteiger partial charge in [0.2, 0.25) is 17.3 Å².